The van der Waals surface area contributed by atoms with E-state index in [1.807, 2.05) is 42.5 Å². The molecule has 2 N–H and O–H groups in total. The molecule has 1 aliphatic rings. The van der Waals surface area contributed by atoms with Crippen molar-refractivity contribution in [2.45, 2.75) is 32.0 Å². The van der Waals surface area contributed by atoms with Crippen molar-refractivity contribution in [2.75, 3.05) is 18.4 Å². The number of piperidine rings is 1. The highest BCUT2D eigenvalue weighted by molar-refractivity contribution is 6.00. The van der Waals surface area contributed by atoms with Crippen molar-refractivity contribution in [3.63, 3.8) is 0 Å². The van der Waals surface area contributed by atoms with E-state index in [4.69, 9.17) is 0 Å². The van der Waals surface area contributed by atoms with Crippen LogP contribution in [0.3, 0.4) is 0 Å². The zero-order chi connectivity index (χ0) is 25.9. The van der Waals surface area contributed by atoms with Crippen molar-refractivity contribution in [2.24, 2.45) is 0 Å². The molecule has 3 aromatic carbocycles. The molecule has 0 atom stereocenters. The Morgan fingerprint density at radius 3 is 2.19 bits per heavy atom. The van der Waals surface area contributed by atoms with Crippen LogP contribution < -0.4 is 10.6 Å². The van der Waals surface area contributed by atoms with E-state index in [0.717, 1.165) is 24.7 Å². The van der Waals surface area contributed by atoms with Gasteiger partial charge in [0.25, 0.3) is 11.8 Å². The lowest BCUT2D eigenvalue weighted by Gasteiger charge is -2.33. The summed E-state index contributed by atoms with van der Waals surface area (Å²) in [6, 6.07) is 17.9. The van der Waals surface area contributed by atoms with E-state index in [9.17, 15) is 27.2 Å². The normalized spacial score (nSPS) is 14.4. The Balaban J connectivity index is 1.41. The van der Waals surface area contributed by atoms with E-state index in [2.05, 4.69) is 10.6 Å². The molecule has 1 fully saturated rings. The van der Waals surface area contributed by atoms with E-state index in [0.29, 0.717) is 37.2 Å². The van der Waals surface area contributed by atoms with Crippen molar-refractivity contribution in [1.82, 2.24) is 10.2 Å². The number of benzene rings is 3. The number of nitrogens with zero attached hydrogens (tertiary/aromatic N) is 1. The SMILES string of the molecule is Cc1c(F)ccc(C(=O)NC2CCN(C(=O)c3ccccc3Nc3ccccc3)CC2)c1C(F)(F)F. The third-order valence-electron chi connectivity index (χ3n) is 6.25. The number of para-hydroxylation sites is 2. The summed E-state index contributed by atoms with van der Waals surface area (Å²) < 4.78 is 54.3. The van der Waals surface area contributed by atoms with Gasteiger partial charge in [0, 0.05) is 24.8 Å². The standard InChI is InChI=1S/C27H25F4N3O2/c1-17-22(28)12-11-21(24(17)27(29,30)31)25(35)33-19-13-15-34(16-14-19)26(36)20-9-5-6-10-23(20)32-18-7-3-2-4-8-18/h2-12,19,32H,13-16H2,1H3,(H,33,35). The maximum absolute atomic E-state index is 13.7. The summed E-state index contributed by atoms with van der Waals surface area (Å²) in [5.41, 5.74) is -0.487. The number of halogens is 4. The molecule has 5 nitrogen and oxygen atoms in total. The second kappa shape index (κ2) is 10.4. The van der Waals surface area contributed by atoms with Crippen molar-refractivity contribution >= 4 is 23.2 Å². The van der Waals surface area contributed by atoms with Gasteiger partial charge in [0.2, 0.25) is 0 Å². The molecule has 9 heteroatoms. The van der Waals surface area contributed by atoms with Gasteiger partial charge in [0.1, 0.15) is 5.82 Å². The molecule has 0 saturated carbocycles. The van der Waals surface area contributed by atoms with Crippen molar-refractivity contribution < 1.29 is 27.2 Å². The third kappa shape index (κ3) is 5.50. The Labute approximate surface area is 206 Å². The number of carbonyl (C=O) groups excluding carboxylic acids is 2. The van der Waals surface area contributed by atoms with Crippen LogP contribution in [0.2, 0.25) is 0 Å². The zero-order valence-electron chi connectivity index (χ0n) is 19.5. The molecular formula is C27H25F4N3O2. The second-order valence-electron chi connectivity index (χ2n) is 8.67. The smallest absolute Gasteiger partial charge is 0.355 e. The van der Waals surface area contributed by atoms with Crippen LogP contribution in [0.25, 0.3) is 0 Å². The topological polar surface area (TPSA) is 61.4 Å². The van der Waals surface area contributed by atoms with Crippen LogP contribution in [0.4, 0.5) is 28.9 Å². The molecule has 1 aliphatic heterocycles. The fourth-order valence-electron chi connectivity index (χ4n) is 4.36. The predicted octanol–water partition coefficient (Wildman–Crippen LogP) is 5.93. The van der Waals surface area contributed by atoms with E-state index >= 15 is 0 Å². The molecule has 0 aromatic heterocycles. The second-order valence-corrected chi connectivity index (χ2v) is 8.67. The number of hydrogen-bond acceptors (Lipinski definition) is 3. The van der Waals surface area contributed by atoms with Gasteiger partial charge in [-0.1, -0.05) is 30.3 Å². The fourth-order valence-corrected chi connectivity index (χ4v) is 4.36. The van der Waals surface area contributed by atoms with Gasteiger partial charge in [-0.3, -0.25) is 9.59 Å². The molecule has 0 bridgehead atoms. The third-order valence-corrected chi connectivity index (χ3v) is 6.25. The van der Waals surface area contributed by atoms with Crippen LogP contribution in [0.5, 0.6) is 0 Å². The summed E-state index contributed by atoms with van der Waals surface area (Å²) in [6.07, 6.45) is -4.10. The molecular weight excluding hydrogens is 474 g/mol. The quantitative estimate of drug-likeness (QED) is 0.428. The van der Waals surface area contributed by atoms with Gasteiger partial charge in [0.05, 0.1) is 22.4 Å². The average Bonchev–Trinajstić information content (AvgIpc) is 2.86. The maximum atomic E-state index is 13.7. The van der Waals surface area contributed by atoms with Crippen LogP contribution in [-0.2, 0) is 6.18 Å². The summed E-state index contributed by atoms with van der Waals surface area (Å²) in [5, 5.41) is 5.87. The first-order valence-corrected chi connectivity index (χ1v) is 11.5. The Morgan fingerprint density at radius 1 is 0.889 bits per heavy atom. The van der Waals surface area contributed by atoms with E-state index in [-0.39, 0.29) is 5.91 Å². The maximum Gasteiger partial charge on any atom is 0.417 e. The Bertz CT molecular complexity index is 1250. The molecule has 36 heavy (non-hydrogen) atoms. The van der Waals surface area contributed by atoms with Crippen LogP contribution in [-0.4, -0.2) is 35.8 Å². The van der Waals surface area contributed by atoms with Gasteiger partial charge in [-0.2, -0.15) is 13.2 Å². The van der Waals surface area contributed by atoms with Gasteiger partial charge >= 0.3 is 6.18 Å². The summed E-state index contributed by atoms with van der Waals surface area (Å²) in [7, 11) is 0. The number of anilines is 2. The van der Waals surface area contributed by atoms with Crippen molar-refractivity contribution in [3.05, 3.63) is 94.8 Å². The zero-order valence-corrected chi connectivity index (χ0v) is 19.5. The number of carbonyl (C=O) groups is 2. The number of alkyl halides is 3. The first-order chi connectivity index (χ1) is 17.1. The number of nitrogens with one attached hydrogen (secondary N) is 2. The molecule has 3 aromatic rings. The van der Waals surface area contributed by atoms with Crippen LogP contribution in [0, 0.1) is 12.7 Å². The van der Waals surface area contributed by atoms with E-state index < -0.39 is 40.6 Å². The molecule has 0 aliphatic carbocycles. The predicted molar refractivity (Wildman–Crippen MR) is 129 cm³/mol. The van der Waals surface area contributed by atoms with Crippen LogP contribution in [0.1, 0.15) is 44.7 Å². The minimum Gasteiger partial charge on any atom is -0.355 e. The van der Waals surface area contributed by atoms with Gasteiger partial charge in [-0.05, 0) is 61.7 Å². The number of rotatable bonds is 5. The van der Waals surface area contributed by atoms with Crippen molar-refractivity contribution in [3.8, 4) is 0 Å². The highest BCUT2D eigenvalue weighted by Gasteiger charge is 2.38. The first kappa shape index (κ1) is 25.2. The Morgan fingerprint density at radius 2 is 1.53 bits per heavy atom. The minimum absolute atomic E-state index is 0.174. The van der Waals surface area contributed by atoms with Gasteiger partial charge in [-0.25, -0.2) is 4.39 Å². The van der Waals surface area contributed by atoms with Crippen LogP contribution in [0.15, 0.2) is 66.7 Å². The Kier molecular flexibility index (Phi) is 7.28. The summed E-state index contributed by atoms with van der Waals surface area (Å²) in [4.78, 5) is 27.6. The van der Waals surface area contributed by atoms with Crippen LogP contribution >= 0.6 is 0 Å². The fraction of sp³-hybridized carbons (Fsp3) is 0.259. The van der Waals surface area contributed by atoms with Gasteiger partial charge in [-0.15, -0.1) is 0 Å². The number of hydrogen-bond donors (Lipinski definition) is 2. The molecule has 2 amide bonds. The van der Waals surface area contributed by atoms with Crippen molar-refractivity contribution in [1.29, 1.82) is 0 Å². The minimum atomic E-state index is -4.87. The lowest BCUT2D eigenvalue weighted by molar-refractivity contribution is -0.138. The molecule has 0 unspecified atom stereocenters. The lowest BCUT2D eigenvalue weighted by Crippen LogP contribution is -2.47. The monoisotopic (exact) mass is 499 g/mol. The highest BCUT2D eigenvalue weighted by Crippen LogP contribution is 2.35. The lowest BCUT2D eigenvalue weighted by atomic mass is 9.98. The van der Waals surface area contributed by atoms with Gasteiger partial charge in [0.15, 0.2) is 0 Å². The van der Waals surface area contributed by atoms with E-state index in [1.165, 1.54) is 0 Å². The molecule has 0 spiro atoms. The molecule has 4 rings (SSSR count). The number of amides is 2. The van der Waals surface area contributed by atoms with Gasteiger partial charge < -0.3 is 15.5 Å². The molecule has 0 radical (unpaired) electrons. The average molecular weight is 500 g/mol. The summed E-state index contributed by atoms with van der Waals surface area (Å²) in [6.45, 7) is 1.67. The Hall–Kier alpha value is -3.88. The number of likely N-dealkylation sites (tertiary alicyclic amines) is 1. The summed E-state index contributed by atoms with van der Waals surface area (Å²) in [5.74, 6) is -2.10. The summed E-state index contributed by atoms with van der Waals surface area (Å²) >= 11 is 0. The van der Waals surface area contributed by atoms with E-state index in [1.54, 1.807) is 17.0 Å². The first-order valence-electron chi connectivity index (χ1n) is 11.5. The molecule has 1 saturated heterocycles. The molecule has 188 valence electrons. The largest absolute Gasteiger partial charge is 0.417 e. The highest BCUT2D eigenvalue weighted by atomic mass is 19.4. The molecule has 1 heterocycles.